The molecule has 0 aliphatic carbocycles. The lowest BCUT2D eigenvalue weighted by Gasteiger charge is -2.26. The molecule has 1 aromatic rings. The van der Waals surface area contributed by atoms with Gasteiger partial charge >= 0.3 is 0 Å². The first-order valence-electron chi connectivity index (χ1n) is 5.84. The normalized spacial score (nSPS) is 26.5. The summed E-state index contributed by atoms with van der Waals surface area (Å²) in [5, 5.41) is 3.57. The zero-order valence-corrected chi connectivity index (χ0v) is 9.72. The molecule has 1 unspecified atom stereocenters. The van der Waals surface area contributed by atoms with Gasteiger partial charge in [-0.1, -0.05) is 24.3 Å². The second-order valence-corrected chi connectivity index (χ2v) is 5.63. The molecule has 80 valence electrons. The number of hydrogen-bond acceptors (Lipinski definition) is 2. The van der Waals surface area contributed by atoms with E-state index in [1.165, 1.54) is 36.5 Å². The van der Waals surface area contributed by atoms with Gasteiger partial charge in [0.1, 0.15) is 0 Å². The van der Waals surface area contributed by atoms with Crippen molar-refractivity contribution in [3.8, 4) is 0 Å². The van der Waals surface area contributed by atoms with Crippen molar-refractivity contribution in [3.63, 3.8) is 0 Å². The van der Waals surface area contributed by atoms with Crippen LogP contribution in [0.15, 0.2) is 24.3 Å². The molecule has 0 aromatic heterocycles. The van der Waals surface area contributed by atoms with Crippen molar-refractivity contribution in [2.75, 3.05) is 18.1 Å². The van der Waals surface area contributed by atoms with Gasteiger partial charge in [0.15, 0.2) is 0 Å². The van der Waals surface area contributed by atoms with Crippen LogP contribution in [0, 0.1) is 0 Å². The number of nitrogens with one attached hydrogen (secondary N) is 1. The molecule has 2 heteroatoms. The number of rotatable bonds is 2. The van der Waals surface area contributed by atoms with Crippen molar-refractivity contribution < 1.29 is 0 Å². The van der Waals surface area contributed by atoms with E-state index in [1.54, 1.807) is 5.56 Å². The Hall–Kier alpha value is -0.470. The van der Waals surface area contributed by atoms with E-state index in [-0.39, 0.29) is 0 Å². The van der Waals surface area contributed by atoms with Gasteiger partial charge in [-0.2, -0.15) is 11.8 Å². The molecular formula is C13H17NS. The van der Waals surface area contributed by atoms with Crippen molar-refractivity contribution in [1.29, 1.82) is 0 Å². The van der Waals surface area contributed by atoms with E-state index in [9.17, 15) is 0 Å². The number of thioether (sulfide) groups is 1. The van der Waals surface area contributed by atoms with Crippen LogP contribution in [0.5, 0.6) is 0 Å². The molecule has 15 heavy (non-hydrogen) atoms. The molecule has 2 aliphatic rings. The van der Waals surface area contributed by atoms with Gasteiger partial charge in [-0.25, -0.2) is 0 Å². The van der Waals surface area contributed by atoms with Gasteiger partial charge in [0.2, 0.25) is 0 Å². The van der Waals surface area contributed by atoms with Gasteiger partial charge in [0.05, 0.1) is 0 Å². The van der Waals surface area contributed by atoms with Crippen molar-refractivity contribution in [1.82, 2.24) is 5.32 Å². The molecular weight excluding hydrogens is 202 g/mol. The Morgan fingerprint density at radius 3 is 2.73 bits per heavy atom. The van der Waals surface area contributed by atoms with Crippen molar-refractivity contribution in [3.05, 3.63) is 35.4 Å². The zero-order valence-electron chi connectivity index (χ0n) is 8.91. The Kier molecular flexibility index (Phi) is 2.72. The summed E-state index contributed by atoms with van der Waals surface area (Å²) >= 11 is 2.06. The van der Waals surface area contributed by atoms with E-state index in [1.807, 2.05) is 0 Å². The third kappa shape index (κ3) is 1.93. The highest BCUT2D eigenvalue weighted by atomic mass is 32.2. The smallest absolute Gasteiger partial charge is 0.0320 e. The van der Waals surface area contributed by atoms with E-state index in [0.717, 1.165) is 5.92 Å². The van der Waals surface area contributed by atoms with E-state index < -0.39 is 0 Å². The van der Waals surface area contributed by atoms with Gasteiger partial charge in [-0.15, -0.1) is 0 Å². The third-order valence-corrected chi connectivity index (χ3v) is 4.76. The molecule has 1 N–H and O–H groups in total. The highest BCUT2D eigenvalue weighted by Gasteiger charge is 2.22. The van der Waals surface area contributed by atoms with Crippen molar-refractivity contribution in [2.45, 2.75) is 24.8 Å². The molecule has 2 aliphatic heterocycles. The molecule has 0 radical (unpaired) electrons. The molecule has 0 saturated carbocycles. The lowest BCUT2D eigenvalue weighted by atomic mass is 9.96. The van der Waals surface area contributed by atoms with Crippen LogP contribution < -0.4 is 5.32 Å². The largest absolute Gasteiger partial charge is 0.310 e. The lowest BCUT2D eigenvalue weighted by molar-refractivity contribution is 0.645. The molecule has 2 fully saturated rings. The maximum Gasteiger partial charge on any atom is 0.0320 e. The third-order valence-electron chi connectivity index (χ3n) is 3.48. The van der Waals surface area contributed by atoms with E-state index >= 15 is 0 Å². The molecule has 0 spiro atoms. The number of hydrogen-bond donors (Lipinski definition) is 1. The second kappa shape index (κ2) is 4.18. The Bertz CT molecular complexity index is 340. The fourth-order valence-corrected chi connectivity index (χ4v) is 3.28. The Morgan fingerprint density at radius 1 is 1.20 bits per heavy atom. The number of benzene rings is 1. The molecule has 0 bridgehead atoms. The predicted octanol–water partition coefficient (Wildman–Crippen LogP) is 2.94. The minimum Gasteiger partial charge on any atom is -0.310 e. The standard InChI is InChI=1S/C13H17NS/c1-3-10(12-8-15-9-12)7-11(4-1)13-5-2-6-14-13/h1,3-4,7,12-14H,2,5-6,8-9H2. The van der Waals surface area contributed by atoms with Crippen LogP contribution in [0.2, 0.25) is 0 Å². The SMILES string of the molecule is c1cc(C2CSC2)cc(C2CCCN2)c1. The summed E-state index contributed by atoms with van der Waals surface area (Å²) in [4.78, 5) is 0. The van der Waals surface area contributed by atoms with E-state index in [2.05, 4.69) is 41.3 Å². The zero-order chi connectivity index (χ0) is 10.1. The van der Waals surface area contributed by atoms with Crippen LogP contribution >= 0.6 is 11.8 Å². The summed E-state index contributed by atoms with van der Waals surface area (Å²) < 4.78 is 0. The Labute approximate surface area is 95.6 Å². The van der Waals surface area contributed by atoms with Crippen molar-refractivity contribution >= 4 is 11.8 Å². The molecule has 2 heterocycles. The van der Waals surface area contributed by atoms with Crippen LogP contribution in [-0.4, -0.2) is 18.1 Å². The van der Waals surface area contributed by atoms with E-state index in [4.69, 9.17) is 0 Å². The quantitative estimate of drug-likeness (QED) is 0.821. The molecule has 2 saturated heterocycles. The fraction of sp³-hybridized carbons (Fsp3) is 0.538. The monoisotopic (exact) mass is 219 g/mol. The first-order valence-corrected chi connectivity index (χ1v) is 7.00. The molecule has 1 atom stereocenters. The maximum atomic E-state index is 3.57. The fourth-order valence-electron chi connectivity index (χ4n) is 2.43. The molecule has 1 nitrogen and oxygen atoms in total. The van der Waals surface area contributed by atoms with E-state index in [0.29, 0.717) is 6.04 Å². The molecule has 1 aromatic carbocycles. The highest BCUT2D eigenvalue weighted by molar-refractivity contribution is 8.00. The first-order chi connectivity index (χ1) is 7.43. The Morgan fingerprint density at radius 2 is 2.07 bits per heavy atom. The summed E-state index contributed by atoms with van der Waals surface area (Å²) in [7, 11) is 0. The lowest BCUT2D eigenvalue weighted by Crippen LogP contribution is -2.17. The average Bonchev–Trinajstić information content (AvgIpc) is 2.68. The average molecular weight is 219 g/mol. The van der Waals surface area contributed by atoms with Crippen molar-refractivity contribution in [2.24, 2.45) is 0 Å². The van der Waals surface area contributed by atoms with Gasteiger partial charge in [0, 0.05) is 23.5 Å². The summed E-state index contributed by atoms with van der Waals surface area (Å²) in [6, 6.07) is 9.85. The van der Waals surface area contributed by atoms with Crippen LogP contribution in [-0.2, 0) is 0 Å². The highest BCUT2D eigenvalue weighted by Crippen LogP contribution is 2.35. The van der Waals surface area contributed by atoms with Crippen LogP contribution in [0.25, 0.3) is 0 Å². The Balaban J connectivity index is 1.81. The minimum absolute atomic E-state index is 0.623. The summed E-state index contributed by atoms with van der Waals surface area (Å²) in [6.07, 6.45) is 2.64. The maximum absolute atomic E-state index is 3.57. The van der Waals surface area contributed by atoms with Gasteiger partial charge in [0.25, 0.3) is 0 Å². The second-order valence-electron chi connectivity index (χ2n) is 4.55. The summed E-state index contributed by atoms with van der Waals surface area (Å²) in [6.45, 7) is 1.19. The topological polar surface area (TPSA) is 12.0 Å². The van der Waals surface area contributed by atoms with Gasteiger partial charge < -0.3 is 5.32 Å². The van der Waals surface area contributed by atoms with Crippen LogP contribution in [0.4, 0.5) is 0 Å². The minimum atomic E-state index is 0.623. The van der Waals surface area contributed by atoms with Crippen LogP contribution in [0.1, 0.15) is 35.9 Å². The first kappa shape index (κ1) is 9.73. The predicted molar refractivity (Wildman–Crippen MR) is 66.5 cm³/mol. The summed E-state index contributed by atoms with van der Waals surface area (Å²) in [5.41, 5.74) is 3.06. The van der Waals surface area contributed by atoms with Gasteiger partial charge in [-0.05, 0) is 30.5 Å². The summed E-state index contributed by atoms with van der Waals surface area (Å²) in [5.74, 6) is 3.47. The van der Waals surface area contributed by atoms with Gasteiger partial charge in [-0.3, -0.25) is 0 Å². The molecule has 3 rings (SSSR count). The molecule has 0 amide bonds. The van der Waals surface area contributed by atoms with Crippen LogP contribution in [0.3, 0.4) is 0 Å².